The van der Waals surface area contributed by atoms with Gasteiger partial charge in [-0.2, -0.15) is 0 Å². The van der Waals surface area contributed by atoms with Crippen molar-refractivity contribution in [2.24, 2.45) is 0 Å². The molecule has 3 aromatic rings. The van der Waals surface area contributed by atoms with Gasteiger partial charge >= 0.3 is 0 Å². The Morgan fingerprint density at radius 1 is 1.10 bits per heavy atom. The number of fused-ring (bicyclic) bond motifs is 1. The average molecular weight is 394 g/mol. The van der Waals surface area contributed by atoms with E-state index in [9.17, 15) is 4.39 Å². The first-order chi connectivity index (χ1) is 14.3. The Morgan fingerprint density at radius 2 is 2.03 bits per heavy atom. The van der Waals surface area contributed by atoms with Crippen molar-refractivity contribution in [3.8, 4) is 11.5 Å². The lowest BCUT2D eigenvalue weighted by atomic mass is 10.1. The summed E-state index contributed by atoms with van der Waals surface area (Å²) < 4.78 is 30.6. The first-order valence-corrected chi connectivity index (χ1v) is 9.62. The molecule has 0 saturated carbocycles. The van der Waals surface area contributed by atoms with E-state index in [-0.39, 0.29) is 12.6 Å². The minimum Gasteiger partial charge on any atom is -0.489 e. The summed E-state index contributed by atoms with van der Waals surface area (Å²) >= 11 is 0. The van der Waals surface area contributed by atoms with Crippen molar-refractivity contribution >= 4 is 0 Å². The van der Waals surface area contributed by atoms with E-state index in [0.29, 0.717) is 32.7 Å². The van der Waals surface area contributed by atoms with Crippen LogP contribution in [0.25, 0.3) is 0 Å². The predicted molar refractivity (Wildman–Crippen MR) is 107 cm³/mol. The van der Waals surface area contributed by atoms with Crippen LogP contribution in [0.1, 0.15) is 22.3 Å². The van der Waals surface area contributed by atoms with Gasteiger partial charge in [0.2, 0.25) is 0 Å². The van der Waals surface area contributed by atoms with Crippen LogP contribution in [0.4, 0.5) is 4.39 Å². The minimum absolute atomic E-state index is 0.209. The summed E-state index contributed by atoms with van der Waals surface area (Å²) in [5.41, 5.74) is 3.72. The van der Waals surface area contributed by atoms with Gasteiger partial charge in [-0.3, -0.25) is 4.98 Å². The number of nitrogens with one attached hydrogen (secondary N) is 1. The molecular formula is C23H23FN2O3. The Bertz CT molecular complexity index is 950. The third-order valence-electron chi connectivity index (χ3n) is 4.73. The van der Waals surface area contributed by atoms with E-state index in [2.05, 4.69) is 10.3 Å². The van der Waals surface area contributed by atoms with Crippen LogP contribution in [-0.2, 0) is 30.9 Å². The SMILES string of the molecule is Fc1cc(CCNCc2ccccc2OCc2cccnc2)c2c(c1)COCO2. The van der Waals surface area contributed by atoms with Crippen molar-refractivity contribution in [3.05, 3.63) is 89.0 Å². The maximum absolute atomic E-state index is 13.9. The maximum Gasteiger partial charge on any atom is 0.189 e. The van der Waals surface area contributed by atoms with Crippen molar-refractivity contribution in [2.75, 3.05) is 13.3 Å². The smallest absolute Gasteiger partial charge is 0.189 e. The van der Waals surface area contributed by atoms with Crippen LogP contribution in [0.3, 0.4) is 0 Å². The van der Waals surface area contributed by atoms with Gasteiger partial charge in [0.1, 0.15) is 23.9 Å². The lowest BCUT2D eigenvalue weighted by molar-refractivity contribution is -0.0172. The number of ether oxygens (including phenoxy) is 3. The fraction of sp³-hybridized carbons (Fsp3) is 0.261. The number of hydrogen-bond acceptors (Lipinski definition) is 5. The molecule has 1 aromatic heterocycles. The summed E-state index contributed by atoms with van der Waals surface area (Å²) in [6, 6.07) is 14.8. The Balaban J connectivity index is 1.33. The van der Waals surface area contributed by atoms with Gasteiger partial charge in [-0.05, 0) is 42.8 Å². The monoisotopic (exact) mass is 394 g/mol. The minimum atomic E-state index is -0.262. The van der Waals surface area contributed by atoms with E-state index < -0.39 is 0 Å². The lowest BCUT2D eigenvalue weighted by Gasteiger charge is -2.21. The quantitative estimate of drug-likeness (QED) is 0.586. The molecule has 29 heavy (non-hydrogen) atoms. The van der Waals surface area contributed by atoms with Crippen molar-refractivity contribution < 1.29 is 18.6 Å². The molecule has 0 fully saturated rings. The molecule has 0 bridgehead atoms. The van der Waals surface area contributed by atoms with Gasteiger partial charge in [-0.25, -0.2) is 4.39 Å². The normalized spacial score (nSPS) is 12.9. The summed E-state index contributed by atoms with van der Waals surface area (Å²) in [6.45, 7) is 2.41. The van der Waals surface area contributed by atoms with Crippen molar-refractivity contribution in [1.82, 2.24) is 10.3 Å². The fourth-order valence-electron chi connectivity index (χ4n) is 3.32. The van der Waals surface area contributed by atoms with Gasteiger partial charge in [0.05, 0.1) is 6.61 Å². The van der Waals surface area contributed by atoms with Gasteiger partial charge < -0.3 is 19.5 Å². The average Bonchev–Trinajstić information content (AvgIpc) is 2.76. The van der Waals surface area contributed by atoms with Crippen molar-refractivity contribution in [1.29, 1.82) is 0 Å². The molecule has 0 atom stereocenters. The summed E-state index contributed by atoms with van der Waals surface area (Å²) in [5.74, 6) is 1.33. The van der Waals surface area contributed by atoms with Crippen LogP contribution in [0.5, 0.6) is 11.5 Å². The Labute approximate surface area is 169 Å². The third kappa shape index (κ3) is 5.10. The summed E-state index contributed by atoms with van der Waals surface area (Å²) in [6.07, 6.45) is 4.21. The molecule has 0 unspecified atom stereocenters. The highest BCUT2D eigenvalue weighted by Gasteiger charge is 2.16. The molecule has 1 aliphatic heterocycles. The van der Waals surface area contributed by atoms with Gasteiger partial charge in [-0.15, -0.1) is 0 Å². The van der Waals surface area contributed by atoms with E-state index in [4.69, 9.17) is 14.2 Å². The zero-order valence-electron chi connectivity index (χ0n) is 16.1. The van der Waals surface area contributed by atoms with E-state index >= 15 is 0 Å². The molecule has 0 saturated heterocycles. The second-order valence-corrected chi connectivity index (χ2v) is 6.85. The first kappa shape index (κ1) is 19.4. The second kappa shape index (κ2) is 9.49. The summed E-state index contributed by atoms with van der Waals surface area (Å²) in [5, 5.41) is 3.41. The zero-order valence-corrected chi connectivity index (χ0v) is 16.1. The lowest BCUT2D eigenvalue weighted by Crippen LogP contribution is -2.19. The topological polar surface area (TPSA) is 52.6 Å². The Morgan fingerprint density at radius 3 is 2.93 bits per heavy atom. The molecule has 0 spiro atoms. The molecule has 4 rings (SSSR count). The molecule has 0 amide bonds. The maximum atomic E-state index is 13.9. The summed E-state index contributed by atoms with van der Waals surface area (Å²) in [7, 11) is 0. The highest BCUT2D eigenvalue weighted by Crippen LogP contribution is 2.29. The summed E-state index contributed by atoms with van der Waals surface area (Å²) in [4.78, 5) is 4.11. The van der Waals surface area contributed by atoms with Crippen LogP contribution in [-0.4, -0.2) is 18.3 Å². The van der Waals surface area contributed by atoms with E-state index in [1.165, 1.54) is 12.1 Å². The molecule has 1 N–H and O–H groups in total. The van der Waals surface area contributed by atoms with E-state index in [0.717, 1.165) is 33.8 Å². The number of pyridine rings is 1. The molecule has 2 heterocycles. The van der Waals surface area contributed by atoms with E-state index in [1.807, 2.05) is 36.4 Å². The third-order valence-corrected chi connectivity index (χ3v) is 4.73. The number of halogens is 1. The standard InChI is InChI=1S/C23H23FN2O3/c24-21-10-18(23-20(11-21)15-27-16-29-23)7-9-26-13-19-5-1-2-6-22(19)28-14-17-4-3-8-25-12-17/h1-6,8,10-12,26H,7,9,13-16H2. The van der Waals surface area contributed by atoms with Gasteiger partial charge in [0, 0.05) is 35.6 Å². The van der Waals surface area contributed by atoms with Gasteiger partial charge in [-0.1, -0.05) is 24.3 Å². The number of nitrogens with zero attached hydrogens (tertiary/aromatic N) is 1. The van der Waals surface area contributed by atoms with Crippen LogP contribution < -0.4 is 14.8 Å². The van der Waals surface area contributed by atoms with Crippen molar-refractivity contribution in [2.45, 2.75) is 26.2 Å². The van der Waals surface area contributed by atoms with Crippen LogP contribution in [0.2, 0.25) is 0 Å². The molecular weight excluding hydrogens is 371 g/mol. The number of rotatable bonds is 8. The molecule has 150 valence electrons. The number of aromatic nitrogens is 1. The first-order valence-electron chi connectivity index (χ1n) is 9.62. The largest absolute Gasteiger partial charge is 0.489 e. The molecule has 5 nitrogen and oxygen atoms in total. The van der Waals surface area contributed by atoms with Crippen LogP contribution >= 0.6 is 0 Å². The zero-order chi connectivity index (χ0) is 19.9. The number of para-hydroxylation sites is 1. The van der Waals surface area contributed by atoms with Crippen molar-refractivity contribution in [3.63, 3.8) is 0 Å². The number of hydrogen-bond donors (Lipinski definition) is 1. The van der Waals surface area contributed by atoms with Gasteiger partial charge in [0.25, 0.3) is 0 Å². The second-order valence-electron chi connectivity index (χ2n) is 6.85. The predicted octanol–water partition coefficient (Wildman–Crippen LogP) is 4.00. The highest BCUT2D eigenvalue weighted by atomic mass is 19.1. The fourth-order valence-corrected chi connectivity index (χ4v) is 3.32. The molecule has 0 aliphatic carbocycles. The molecule has 6 heteroatoms. The number of benzene rings is 2. The van der Waals surface area contributed by atoms with Crippen LogP contribution in [0.15, 0.2) is 60.9 Å². The molecule has 0 radical (unpaired) electrons. The van der Waals surface area contributed by atoms with E-state index in [1.54, 1.807) is 12.4 Å². The highest BCUT2D eigenvalue weighted by molar-refractivity contribution is 5.42. The molecule has 1 aliphatic rings. The molecule has 2 aromatic carbocycles. The Kier molecular flexibility index (Phi) is 6.34. The van der Waals surface area contributed by atoms with Gasteiger partial charge in [0.15, 0.2) is 6.79 Å². The van der Waals surface area contributed by atoms with Crippen LogP contribution in [0, 0.1) is 5.82 Å². The Hall–Kier alpha value is -2.96.